The van der Waals surface area contributed by atoms with Crippen molar-refractivity contribution in [2.24, 2.45) is 5.84 Å². The van der Waals surface area contributed by atoms with Crippen LogP contribution in [0.4, 0.5) is 0 Å². The van der Waals surface area contributed by atoms with Crippen molar-refractivity contribution in [3.63, 3.8) is 0 Å². The van der Waals surface area contributed by atoms with E-state index in [1.165, 1.54) is 11.1 Å². The Labute approximate surface area is 118 Å². The van der Waals surface area contributed by atoms with Gasteiger partial charge in [0.2, 0.25) is 0 Å². The van der Waals surface area contributed by atoms with Gasteiger partial charge in [0.25, 0.3) is 0 Å². The number of aryl methyl sites for hydroxylation is 1. The van der Waals surface area contributed by atoms with E-state index in [1.54, 1.807) is 11.3 Å². The first-order valence-electron chi connectivity index (χ1n) is 6.68. The van der Waals surface area contributed by atoms with E-state index in [0.29, 0.717) is 6.04 Å². The van der Waals surface area contributed by atoms with Gasteiger partial charge < -0.3 is 0 Å². The lowest BCUT2D eigenvalue weighted by Gasteiger charge is -2.15. The van der Waals surface area contributed by atoms with E-state index in [4.69, 9.17) is 5.84 Å². The Morgan fingerprint density at radius 1 is 1.47 bits per heavy atom. The van der Waals surface area contributed by atoms with Crippen LogP contribution in [0.3, 0.4) is 0 Å². The molecule has 0 aliphatic heterocycles. The van der Waals surface area contributed by atoms with E-state index in [2.05, 4.69) is 54.3 Å². The third-order valence-electron chi connectivity index (χ3n) is 3.59. The van der Waals surface area contributed by atoms with Crippen LogP contribution in [0.15, 0.2) is 23.0 Å². The van der Waals surface area contributed by atoms with Crippen LogP contribution in [0.25, 0.3) is 0 Å². The van der Waals surface area contributed by atoms with Crippen molar-refractivity contribution in [1.82, 2.24) is 15.2 Å². The van der Waals surface area contributed by atoms with Crippen molar-refractivity contribution in [2.45, 2.75) is 45.7 Å². The van der Waals surface area contributed by atoms with Gasteiger partial charge in [-0.2, -0.15) is 16.4 Å². The average Bonchev–Trinajstić information content (AvgIpc) is 3.04. The van der Waals surface area contributed by atoms with E-state index >= 15 is 0 Å². The Bertz CT molecular complexity index is 517. The average molecular weight is 278 g/mol. The SMILES string of the molecule is CCC(C)n1ccc(CC(NN)c2cscc2C)n1. The standard InChI is InChI=1S/C14H22N4S/c1-4-11(3)18-6-5-12(17-18)7-14(16-15)13-9-19-8-10(13)2/h5-6,8-9,11,14,16H,4,7,15H2,1-3H3. The predicted octanol–water partition coefficient (Wildman–Crippen LogP) is 2.97. The van der Waals surface area contributed by atoms with Crippen LogP contribution in [0.2, 0.25) is 0 Å². The zero-order valence-electron chi connectivity index (χ0n) is 11.8. The molecule has 0 radical (unpaired) electrons. The normalized spacial score (nSPS) is 14.5. The quantitative estimate of drug-likeness (QED) is 0.631. The molecule has 0 amide bonds. The molecule has 0 fully saturated rings. The molecular weight excluding hydrogens is 256 g/mol. The Kier molecular flexibility index (Phi) is 4.74. The molecule has 5 heteroatoms. The van der Waals surface area contributed by atoms with Gasteiger partial charge in [-0.05, 0) is 48.2 Å². The van der Waals surface area contributed by atoms with Gasteiger partial charge in [-0.25, -0.2) is 0 Å². The van der Waals surface area contributed by atoms with E-state index in [0.717, 1.165) is 18.5 Å². The molecule has 104 valence electrons. The molecule has 0 aromatic carbocycles. The van der Waals surface area contributed by atoms with Gasteiger partial charge in [0.15, 0.2) is 0 Å². The number of nitrogens with zero attached hydrogens (tertiary/aromatic N) is 2. The molecule has 0 bridgehead atoms. The Morgan fingerprint density at radius 2 is 2.26 bits per heavy atom. The van der Waals surface area contributed by atoms with Gasteiger partial charge in [0.1, 0.15) is 0 Å². The molecule has 0 saturated carbocycles. The van der Waals surface area contributed by atoms with Gasteiger partial charge in [-0.3, -0.25) is 16.0 Å². The highest BCUT2D eigenvalue weighted by molar-refractivity contribution is 7.08. The minimum absolute atomic E-state index is 0.131. The van der Waals surface area contributed by atoms with Crippen LogP contribution < -0.4 is 11.3 Å². The van der Waals surface area contributed by atoms with Crippen molar-refractivity contribution in [2.75, 3.05) is 0 Å². The molecule has 0 aliphatic carbocycles. The Morgan fingerprint density at radius 3 is 2.84 bits per heavy atom. The minimum atomic E-state index is 0.131. The smallest absolute Gasteiger partial charge is 0.0644 e. The number of thiophene rings is 1. The third-order valence-corrected chi connectivity index (χ3v) is 4.47. The first-order chi connectivity index (χ1) is 9.15. The van der Waals surface area contributed by atoms with Gasteiger partial charge >= 0.3 is 0 Å². The first kappa shape index (κ1) is 14.2. The first-order valence-corrected chi connectivity index (χ1v) is 7.62. The van der Waals surface area contributed by atoms with Crippen LogP contribution in [-0.4, -0.2) is 9.78 Å². The van der Waals surface area contributed by atoms with Gasteiger partial charge in [0.05, 0.1) is 11.7 Å². The van der Waals surface area contributed by atoms with Gasteiger partial charge in [-0.1, -0.05) is 6.92 Å². The summed E-state index contributed by atoms with van der Waals surface area (Å²) in [7, 11) is 0. The summed E-state index contributed by atoms with van der Waals surface area (Å²) in [5.41, 5.74) is 6.54. The number of nitrogens with two attached hydrogens (primary N) is 1. The molecule has 0 spiro atoms. The molecule has 0 saturated heterocycles. The summed E-state index contributed by atoms with van der Waals surface area (Å²) < 4.78 is 2.03. The van der Waals surface area contributed by atoms with E-state index in [9.17, 15) is 0 Å². The molecular formula is C14H22N4S. The van der Waals surface area contributed by atoms with Crippen LogP contribution in [-0.2, 0) is 6.42 Å². The molecule has 4 nitrogen and oxygen atoms in total. The maximum Gasteiger partial charge on any atom is 0.0644 e. The monoisotopic (exact) mass is 278 g/mol. The van der Waals surface area contributed by atoms with Crippen LogP contribution in [0.1, 0.15) is 49.2 Å². The minimum Gasteiger partial charge on any atom is -0.271 e. The van der Waals surface area contributed by atoms with E-state index < -0.39 is 0 Å². The maximum atomic E-state index is 5.69. The van der Waals surface area contributed by atoms with Crippen molar-refractivity contribution in [3.8, 4) is 0 Å². The highest BCUT2D eigenvalue weighted by Gasteiger charge is 2.15. The summed E-state index contributed by atoms with van der Waals surface area (Å²) >= 11 is 1.71. The van der Waals surface area contributed by atoms with E-state index in [-0.39, 0.29) is 6.04 Å². The molecule has 3 N–H and O–H groups in total. The van der Waals surface area contributed by atoms with Crippen molar-refractivity contribution in [3.05, 3.63) is 39.8 Å². The summed E-state index contributed by atoms with van der Waals surface area (Å²) in [6.07, 6.45) is 3.96. The number of hydrogen-bond donors (Lipinski definition) is 2. The lowest BCUT2D eigenvalue weighted by molar-refractivity contribution is 0.467. The molecule has 2 aromatic heterocycles. The lowest BCUT2D eigenvalue weighted by Crippen LogP contribution is -2.29. The lowest BCUT2D eigenvalue weighted by atomic mass is 10.0. The van der Waals surface area contributed by atoms with Gasteiger partial charge in [-0.15, -0.1) is 0 Å². The maximum absolute atomic E-state index is 5.69. The summed E-state index contributed by atoms with van der Waals surface area (Å²) in [4.78, 5) is 0. The van der Waals surface area contributed by atoms with Crippen molar-refractivity contribution < 1.29 is 0 Å². The zero-order valence-corrected chi connectivity index (χ0v) is 12.6. The van der Waals surface area contributed by atoms with Crippen LogP contribution >= 0.6 is 11.3 Å². The second kappa shape index (κ2) is 6.32. The topological polar surface area (TPSA) is 55.9 Å². The molecule has 2 aromatic rings. The summed E-state index contributed by atoms with van der Waals surface area (Å²) in [5, 5.41) is 8.94. The summed E-state index contributed by atoms with van der Waals surface area (Å²) in [6.45, 7) is 6.47. The second-order valence-corrected chi connectivity index (χ2v) is 5.72. The number of nitrogens with one attached hydrogen (secondary N) is 1. The number of aromatic nitrogens is 2. The third kappa shape index (κ3) is 3.23. The van der Waals surface area contributed by atoms with Gasteiger partial charge in [0, 0.05) is 18.7 Å². The molecule has 2 unspecified atom stereocenters. The van der Waals surface area contributed by atoms with Crippen molar-refractivity contribution in [1.29, 1.82) is 0 Å². The van der Waals surface area contributed by atoms with Crippen LogP contribution in [0, 0.1) is 6.92 Å². The molecule has 2 rings (SSSR count). The van der Waals surface area contributed by atoms with Crippen molar-refractivity contribution >= 4 is 11.3 Å². The Balaban J connectivity index is 2.11. The second-order valence-electron chi connectivity index (χ2n) is 4.98. The largest absolute Gasteiger partial charge is 0.271 e. The highest BCUT2D eigenvalue weighted by Crippen LogP contribution is 2.24. The molecule has 2 heterocycles. The Hall–Kier alpha value is -1.17. The molecule has 2 atom stereocenters. The molecule has 19 heavy (non-hydrogen) atoms. The number of hydrogen-bond acceptors (Lipinski definition) is 4. The van der Waals surface area contributed by atoms with Crippen LogP contribution in [0.5, 0.6) is 0 Å². The zero-order chi connectivity index (χ0) is 13.8. The fraction of sp³-hybridized carbons (Fsp3) is 0.500. The number of rotatable bonds is 6. The number of hydrazine groups is 1. The summed E-state index contributed by atoms with van der Waals surface area (Å²) in [6, 6.07) is 2.66. The highest BCUT2D eigenvalue weighted by atomic mass is 32.1. The van der Waals surface area contributed by atoms with E-state index in [1.807, 2.05) is 4.68 Å². The fourth-order valence-electron chi connectivity index (χ4n) is 2.11. The fourth-order valence-corrected chi connectivity index (χ4v) is 3.02. The predicted molar refractivity (Wildman–Crippen MR) is 80.1 cm³/mol. The summed E-state index contributed by atoms with van der Waals surface area (Å²) in [5.74, 6) is 5.69. The molecule has 0 aliphatic rings.